The molecule has 0 saturated heterocycles. The van der Waals surface area contributed by atoms with Gasteiger partial charge in [0.25, 0.3) is 0 Å². The van der Waals surface area contributed by atoms with Crippen LogP contribution in [0, 0.1) is 0 Å². The van der Waals surface area contributed by atoms with Crippen LogP contribution in [0.5, 0.6) is 0 Å². The van der Waals surface area contributed by atoms with Gasteiger partial charge in [-0.2, -0.15) is 0 Å². The second kappa shape index (κ2) is 8.09. The lowest BCUT2D eigenvalue weighted by Crippen LogP contribution is -2.31. The van der Waals surface area contributed by atoms with Crippen molar-refractivity contribution in [2.75, 3.05) is 6.61 Å². The molecular formula is C23H24N2O4. The van der Waals surface area contributed by atoms with E-state index >= 15 is 0 Å². The first-order chi connectivity index (χ1) is 14.1. The van der Waals surface area contributed by atoms with Gasteiger partial charge in [-0.3, -0.25) is 9.59 Å². The Hall–Kier alpha value is -3.12. The summed E-state index contributed by atoms with van der Waals surface area (Å²) in [5.41, 5.74) is 9.05. The standard InChI is InChI=1S/C23H24N2O4/c24-22(27)18-11-10-17(23(28)29-14-15-6-2-1-3-7-15)20-16-8-4-5-9-19(16)25(12-13-26)21(18)20/h1-9,17-18,26H,10-14H2,(H2,24,27). The first-order valence-electron chi connectivity index (χ1n) is 9.83. The van der Waals surface area contributed by atoms with Crippen LogP contribution in [0.25, 0.3) is 10.9 Å². The van der Waals surface area contributed by atoms with Gasteiger partial charge in [0, 0.05) is 23.1 Å². The minimum Gasteiger partial charge on any atom is -0.460 e. The van der Waals surface area contributed by atoms with E-state index in [1.165, 1.54) is 0 Å². The van der Waals surface area contributed by atoms with E-state index < -0.39 is 17.7 Å². The van der Waals surface area contributed by atoms with Gasteiger partial charge in [0.05, 0.1) is 18.4 Å². The van der Waals surface area contributed by atoms with Crippen molar-refractivity contribution < 1.29 is 19.4 Å². The first kappa shape index (κ1) is 19.2. The molecular weight excluding hydrogens is 368 g/mol. The zero-order chi connectivity index (χ0) is 20.4. The zero-order valence-corrected chi connectivity index (χ0v) is 16.1. The summed E-state index contributed by atoms with van der Waals surface area (Å²) in [7, 11) is 0. The summed E-state index contributed by atoms with van der Waals surface area (Å²) in [5, 5.41) is 10.5. The molecule has 0 bridgehead atoms. The van der Waals surface area contributed by atoms with Crippen LogP contribution in [0.15, 0.2) is 54.6 Å². The van der Waals surface area contributed by atoms with Gasteiger partial charge in [-0.05, 0) is 30.0 Å². The summed E-state index contributed by atoms with van der Waals surface area (Å²) < 4.78 is 7.55. The molecule has 2 aromatic carbocycles. The number of fused-ring (bicyclic) bond motifs is 3. The molecule has 1 aromatic heterocycles. The average molecular weight is 392 g/mol. The molecule has 0 saturated carbocycles. The van der Waals surface area contributed by atoms with E-state index in [0.717, 1.165) is 27.7 Å². The fourth-order valence-electron chi connectivity index (χ4n) is 4.39. The highest BCUT2D eigenvalue weighted by Gasteiger charge is 2.39. The predicted octanol–water partition coefficient (Wildman–Crippen LogP) is 2.82. The number of nitrogens with zero attached hydrogens (tertiary/aromatic N) is 1. The highest BCUT2D eigenvalue weighted by atomic mass is 16.5. The number of hydrogen-bond donors (Lipinski definition) is 2. The smallest absolute Gasteiger partial charge is 0.313 e. The summed E-state index contributed by atoms with van der Waals surface area (Å²) in [6, 6.07) is 17.3. The normalized spacial score (nSPS) is 18.4. The Morgan fingerprint density at radius 2 is 1.72 bits per heavy atom. The monoisotopic (exact) mass is 392 g/mol. The number of para-hydroxylation sites is 1. The Kier molecular flexibility index (Phi) is 5.36. The summed E-state index contributed by atoms with van der Waals surface area (Å²) >= 11 is 0. The molecule has 1 amide bonds. The SMILES string of the molecule is NC(=O)C1CCC(C(=O)OCc2ccccc2)c2c1n(CCO)c1ccccc21. The van der Waals surface area contributed by atoms with Crippen molar-refractivity contribution in [3.63, 3.8) is 0 Å². The Bertz CT molecular complexity index is 1040. The Morgan fingerprint density at radius 1 is 1.03 bits per heavy atom. The molecule has 3 N–H and O–H groups in total. The van der Waals surface area contributed by atoms with E-state index in [-0.39, 0.29) is 19.2 Å². The fourth-order valence-corrected chi connectivity index (χ4v) is 4.39. The second-order valence-corrected chi connectivity index (χ2v) is 7.37. The molecule has 3 aromatic rings. The lowest BCUT2D eigenvalue weighted by atomic mass is 9.79. The highest BCUT2D eigenvalue weighted by molar-refractivity contribution is 5.95. The van der Waals surface area contributed by atoms with Gasteiger partial charge in [-0.1, -0.05) is 48.5 Å². The molecule has 29 heavy (non-hydrogen) atoms. The fraction of sp³-hybridized carbons (Fsp3) is 0.304. The van der Waals surface area contributed by atoms with Crippen LogP contribution >= 0.6 is 0 Å². The molecule has 0 radical (unpaired) electrons. The van der Waals surface area contributed by atoms with Crippen LogP contribution in [0.1, 0.15) is 41.5 Å². The quantitative estimate of drug-likeness (QED) is 0.631. The third-order valence-electron chi connectivity index (χ3n) is 5.65. The van der Waals surface area contributed by atoms with Crippen molar-refractivity contribution >= 4 is 22.8 Å². The zero-order valence-electron chi connectivity index (χ0n) is 16.1. The van der Waals surface area contributed by atoms with Crippen molar-refractivity contribution in [3.8, 4) is 0 Å². The molecule has 150 valence electrons. The van der Waals surface area contributed by atoms with E-state index in [1.807, 2.05) is 59.2 Å². The van der Waals surface area contributed by atoms with Crippen LogP contribution in [0.2, 0.25) is 0 Å². The molecule has 0 aliphatic heterocycles. The van der Waals surface area contributed by atoms with Gasteiger partial charge < -0.3 is 20.1 Å². The number of carbonyl (C=O) groups excluding carboxylic acids is 2. The largest absolute Gasteiger partial charge is 0.460 e. The lowest BCUT2D eigenvalue weighted by molar-refractivity contribution is -0.147. The lowest BCUT2D eigenvalue weighted by Gasteiger charge is -2.28. The Balaban J connectivity index is 1.75. The number of benzene rings is 2. The van der Waals surface area contributed by atoms with E-state index in [4.69, 9.17) is 10.5 Å². The van der Waals surface area contributed by atoms with Crippen LogP contribution in [0.3, 0.4) is 0 Å². The molecule has 6 nitrogen and oxygen atoms in total. The van der Waals surface area contributed by atoms with Crippen LogP contribution in [-0.2, 0) is 27.5 Å². The van der Waals surface area contributed by atoms with Gasteiger partial charge in [-0.25, -0.2) is 0 Å². The van der Waals surface area contributed by atoms with Crippen LogP contribution in [0.4, 0.5) is 0 Å². The van der Waals surface area contributed by atoms with Gasteiger partial charge in [0.2, 0.25) is 5.91 Å². The summed E-state index contributed by atoms with van der Waals surface area (Å²) in [4.78, 5) is 25.2. The maximum atomic E-state index is 13.0. The van der Waals surface area contributed by atoms with Gasteiger partial charge in [0.15, 0.2) is 0 Å². The van der Waals surface area contributed by atoms with E-state index in [2.05, 4.69) is 0 Å². The number of ether oxygens (including phenoxy) is 1. The molecule has 4 rings (SSSR count). The number of hydrogen-bond acceptors (Lipinski definition) is 4. The number of aliphatic hydroxyl groups is 1. The maximum absolute atomic E-state index is 13.0. The minimum atomic E-state index is -0.484. The van der Waals surface area contributed by atoms with Crippen molar-refractivity contribution in [2.24, 2.45) is 5.73 Å². The number of aliphatic hydroxyl groups excluding tert-OH is 1. The molecule has 0 fully saturated rings. The van der Waals surface area contributed by atoms with Crippen molar-refractivity contribution in [1.82, 2.24) is 4.57 Å². The van der Waals surface area contributed by atoms with Crippen molar-refractivity contribution in [2.45, 2.75) is 37.8 Å². The third-order valence-corrected chi connectivity index (χ3v) is 5.65. The number of aromatic nitrogens is 1. The molecule has 1 aliphatic carbocycles. The summed E-state index contributed by atoms with van der Waals surface area (Å²) in [6.45, 7) is 0.477. The molecule has 1 aliphatic rings. The van der Waals surface area contributed by atoms with Crippen molar-refractivity contribution in [3.05, 3.63) is 71.4 Å². The van der Waals surface area contributed by atoms with Gasteiger partial charge in [-0.15, -0.1) is 0 Å². The number of esters is 1. The highest BCUT2D eigenvalue weighted by Crippen LogP contribution is 2.45. The first-order valence-corrected chi connectivity index (χ1v) is 9.83. The number of amides is 1. The van der Waals surface area contributed by atoms with Crippen molar-refractivity contribution in [1.29, 1.82) is 0 Å². The molecule has 2 unspecified atom stereocenters. The van der Waals surface area contributed by atoms with Gasteiger partial charge in [0.1, 0.15) is 6.61 Å². The molecule has 6 heteroatoms. The predicted molar refractivity (Wildman–Crippen MR) is 109 cm³/mol. The molecule has 1 heterocycles. The summed E-state index contributed by atoms with van der Waals surface area (Å²) in [6.07, 6.45) is 0.983. The van der Waals surface area contributed by atoms with Crippen LogP contribution in [-0.4, -0.2) is 28.2 Å². The topological polar surface area (TPSA) is 94.5 Å². The van der Waals surface area contributed by atoms with Gasteiger partial charge >= 0.3 is 5.97 Å². The number of rotatable bonds is 6. The van der Waals surface area contributed by atoms with E-state index in [1.54, 1.807) is 0 Å². The second-order valence-electron chi connectivity index (χ2n) is 7.37. The average Bonchev–Trinajstić information content (AvgIpc) is 3.07. The Labute approximate surface area is 168 Å². The molecule has 0 spiro atoms. The molecule has 2 atom stereocenters. The minimum absolute atomic E-state index is 0.0697. The van der Waals surface area contributed by atoms with Crippen LogP contribution < -0.4 is 5.73 Å². The number of carbonyl (C=O) groups is 2. The number of primary amides is 1. The van der Waals surface area contributed by atoms with E-state index in [0.29, 0.717) is 19.4 Å². The van der Waals surface area contributed by atoms with E-state index in [9.17, 15) is 14.7 Å². The third kappa shape index (κ3) is 3.51. The Morgan fingerprint density at radius 3 is 2.45 bits per heavy atom. The number of nitrogens with two attached hydrogens (primary N) is 1. The maximum Gasteiger partial charge on any atom is 0.313 e. The summed E-state index contributed by atoms with van der Waals surface area (Å²) in [5.74, 6) is -1.66.